The third kappa shape index (κ3) is 4.06. The zero-order valence-electron chi connectivity index (χ0n) is 11.7. The smallest absolute Gasteiger partial charge is 0.163 e. The van der Waals surface area contributed by atoms with E-state index >= 15 is 0 Å². The molecule has 2 N–H and O–H groups in total. The Bertz CT molecular complexity index is 447. The molecule has 1 aliphatic rings. The van der Waals surface area contributed by atoms with Crippen molar-refractivity contribution in [3.05, 3.63) is 30.5 Å². The minimum atomic E-state index is -0.0247. The average Bonchev–Trinajstić information content (AvgIpc) is 2.52. The van der Waals surface area contributed by atoms with Crippen LogP contribution >= 0.6 is 0 Å². The van der Waals surface area contributed by atoms with Crippen molar-refractivity contribution in [2.45, 2.75) is 18.9 Å². The topological polar surface area (TPSA) is 60.0 Å². The van der Waals surface area contributed by atoms with Crippen LogP contribution in [0.4, 0.5) is 5.69 Å². The number of ether oxygens (including phenoxy) is 3. The Morgan fingerprint density at radius 3 is 3.00 bits per heavy atom. The molecule has 0 aliphatic carbocycles. The Hall–Kier alpha value is -1.88. The van der Waals surface area contributed by atoms with Gasteiger partial charge in [0.1, 0.15) is 12.7 Å². The van der Waals surface area contributed by atoms with E-state index in [1.54, 1.807) is 13.4 Å². The van der Waals surface area contributed by atoms with Gasteiger partial charge in [-0.15, -0.1) is 0 Å². The zero-order chi connectivity index (χ0) is 14.2. The van der Waals surface area contributed by atoms with E-state index in [2.05, 4.69) is 5.32 Å². The fourth-order valence-corrected chi connectivity index (χ4v) is 2.02. The monoisotopic (exact) mass is 279 g/mol. The lowest BCUT2D eigenvalue weighted by Gasteiger charge is -2.20. The van der Waals surface area contributed by atoms with Gasteiger partial charge in [-0.05, 0) is 31.1 Å². The number of allylic oxidation sites excluding steroid dienone is 1. The van der Waals surface area contributed by atoms with Gasteiger partial charge in [0, 0.05) is 11.8 Å². The third-order valence-electron chi connectivity index (χ3n) is 3.07. The van der Waals surface area contributed by atoms with E-state index in [-0.39, 0.29) is 19.3 Å². The lowest BCUT2D eigenvalue weighted by molar-refractivity contribution is 0.135. The maximum absolute atomic E-state index is 8.83. The van der Waals surface area contributed by atoms with Crippen LogP contribution in [0.2, 0.25) is 0 Å². The van der Waals surface area contributed by atoms with E-state index in [0.717, 1.165) is 25.1 Å². The average molecular weight is 279 g/mol. The van der Waals surface area contributed by atoms with Crippen molar-refractivity contribution in [3.63, 3.8) is 0 Å². The van der Waals surface area contributed by atoms with Crippen LogP contribution in [0.5, 0.6) is 11.5 Å². The van der Waals surface area contributed by atoms with Crippen LogP contribution in [0.25, 0.3) is 0 Å². The fraction of sp³-hybridized carbons (Fsp3) is 0.467. The number of aliphatic hydroxyl groups excluding tert-OH is 1. The standard InChI is InChI=1S/C15H21NO4/c1-18-14-6-5-12(10-15(14)20-9-7-17)16-11-13-4-2-3-8-19-13/h3,5-6,8,10,13,16-17H,2,4,7,9,11H2,1H3. The summed E-state index contributed by atoms with van der Waals surface area (Å²) in [6, 6.07) is 5.65. The van der Waals surface area contributed by atoms with Crippen LogP contribution in [-0.2, 0) is 4.74 Å². The molecule has 0 spiro atoms. The number of hydrogen-bond donors (Lipinski definition) is 2. The summed E-state index contributed by atoms with van der Waals surface area (Å²) in [5, 5.41) is 12.2. The molecule has 0 bridgehead atoms. The van der Waals surface area contributed by atoms with Gasteiger partial charge in [-0.25, -0.2) is 0 Å². The molecule has 0 saturated heterocycles. The lowest BCUT2D eigenvalue weighted by Crippen LogP contribution is -2.22. The molecule has 0 saturated carbocycles. The summed E-state index contributed by atoms with van der Waals surface area (Å²) >= 11 is 0. The second-order valence-corrected chi connectivity index (χ2v) is 4.53. The van der Waals surface area contributed by atoms with Crippen molar-refractivity contribution < 1.29 is 19.3 Å². The first-order chi connectivity index (χ1) is 9.83. The molecule has 0 radical (unpaired) electrons. The quantitative estimate of drug-likeness (QED) is 0.801. The molecule has 1 heterocycles. The Labute approximate surface area is 119 Å². The number of rotatable bonds is 7. The van der Waals surface area contributed by atoms with E-state index in [1.165, 1.54) is 0 Å². The summed E-state index contributed by atoms with van der Waals surface area (Å²) in [6.45, 7) is 0.968. The first kappa shape index (κ1) is 14.5. The van der Waals surface area contributed by atoms with Crippen LogP contribution in [0, 0.1) is 0 Å². The number of aliphatic hydroxyl groups is 1. The van der Waals surface area contributed by atoms with Gasteiger partial charge >= 0.3 is 0 Å². The van der Waals surface area contributed by atoms with E-state index in [9.17, 15) is 0 Å². The molecule has 0 fully saturated rings. The van der Waals surface area contributed by atoms with Gasteiger partial charge in [0.05, 0.1) is 26.5 Å². The Morgan fingerprint density at radius 1 is 1.40 bits per heavy atom. The van der Waals surface area contributed by atoms with Crippen LogP contribution in [0.1, 0.15) is 12.8 Å². The molecule has 1 aliphatic heterocycles. The van der Waals surface area contributed by atoms with Crippen molar-refractivity contribution in [2.24, 2.45) is 0 Å². The van der Waals surface area contributed by atoms with Gasteiger partial charge in [0.15, 0.2) is 11.5 Å². The number of methoxy groups -OCH3 is 1. The molecule has 1 aromatic carbocycles. The molecule has 1 atom stereocenters. The molecule has 110 valence electrons. The van der Waals surface area contributed by atoms with E-state index in [0.29, 0.717) is 11.5 Å². The largest absolute Gasteiger partial charge is 0.497 e. The highest BCUT2D eigenvalue weighted by atomic mass is 16.5. The van der Waals surface area contributed by atoms with Gasteiger partial charge in [0.25, 0.3) is 0 Å². The summed E-state index contributed by atoms with van der Waals surface area (Å²) in [6.07, 6.45) is 6.07. The maximum Gasteiger partial charge on any atom is 0.163 e. The highest BCUT2D eigenvalue weighted by Gasteiger charge is 2.11. The molecular formula is C15H21NO4. The normalized spacial score (nSPS) is 17.4. The van der Waals surface area contributed by atoms with Crippen LogP contribution < -0.4 is 14.8 Å². The number of anilines is 1. The second-order valence-electron chi connectivity index (χ2n) is 4.53. The van der Waals surface area contributed by atoms with Gasteiger partial charge in [-0.1, -0.05) is 0 Å². The Morgan fingerprint density at radius 2 is 2.30 bits per heavy atom. The van der Waals surface area contributed by atoms with Crippen LogP contribution in [-0.4, -0.2) is 38.1 Å². The third-order valence-corrected chi connectivity index (χ3v) is 3.07. The molecule has 1 unspecified atom stereocenters. The highest BCUT2D eigenvalue weighted by molar-refractivity contribution is 5.54. The van der Waals surface area contributed by atoms with Crippen molar-refractivity contribution in [1.29, 1.82) is 0 Å². The van der Waals surface area contributed by atoms with Crippen molar-refractivity contribution >= 4 is 5.69 Å². The predicted molar refractivity (Wildman–Crippen MR) is 77.3 cm³/mol. The molecule has 20 heavy (non-hydrogen) atoms. The lowest BCUT2D eigenvalue weighted by atomic mass is 10.1. The molecule has 5 heteroatoms. The van der Waals surface area contributed by atoms with Crippen molar-refractivity contribution in [3.8, 4) is 11.5 Å². The minimum Gasteiger partial charge on any atom is -0.497 e. The van der Waals surface area contributed by atoms with Crippen LogP contribution in [0.15, 0.2) is 30.5 Å². The number of benzene rings is 1. The Balaban J connectivity index is 1.95. The molecular weight excluding hydrogens is 258 g/mol. The number of hydrogen-bond acceptors (Lipinski definition) is 5. The van der Waals surface area contributed by atoms with E-state index in [1.807, 2.05) is 24.3 Å². The first-order valence-electron chi connectivity index (χ1n) is 6.79. The molecule has 2 rings (SSSR count). The molecule has 0 amide bonds. The summed E-state index contributed by atoms with van der Waals surface area (Å²) in [7, 11) is 1.59. The van der Waals surface area contributed by atoms with Gasteiger partial charge in [-0.2, -0.15) is 0 Å². The second kappa shape index (κ2) is 7.65. The molecule has 5 nitrogen and oxygen atoms in total. The SMILES string of the molecule is COc1ccc(NCC2CCC=CO2)cc1OCCO. The number of nitrogens with one attached hydrogen (secondary N) is 1. The minimum absolute atomic E-state index is 0.0247. The Kier molecular flexibility index (Phi) is 5.55. The van der Waals surface area contributed by atoms with E-state index < -0.39 is 0 Å². The van der Waals surface area contributed by atoms with Gasteiger partial charge in [0.2, 0.25) is 0 Å². The van der Waals surface area contributed by atoms with Crippen molar-refractivity contribution in [1.82, 2.24) is 0 Å². The summed E-state index contributed by atoms with van der Waals surface area (Å²) in [4.78, 5) is 0. The molecule has 0 aromatic heterocycles. The van der Waals surface area contributed by atoms with Gasteiger partial charge in [-0.3, -0.25) is 0 Å². The van der Waals surface area contributed by atoms with Crippen molar-refractivity contribution in [2.75, 3.05) is 32.2 Å². The van der Waals surface area contributed by atoms with Crippen LogP contribution in [0.3, 0.4) is 0 Å². The first-order valence-corrected chi connectivity index (χ1v) is 6.79. The molecule has 1 aromatic rings. The predicted octanol–water partition coefficient (Wildman–Crippen LogP) is 2.17. The van der Waals surface area contributed by atoms with Gasteiger partial charge < -0.3 is 24.6 Å². The summed E-state index contributed by atoms with van der Waals surface area (Å²) in [5.74, 6) is 1.27. The summed E-state index contributed by atoms with van der Waals surface area (Å²) in [5.41, 5.74) is 0.942. The van der Waals surface area contributed by atoms with E-state index in [4.69, 9.17) is 19.3 Å². The maximum atomic E-state index is 8.83. The zero-order valence-corrected chi connectivity index (χ0v) is 11.7. The fourth-order valence-electron chi connectivity index (χ4n) is 2.02. The highest BCUT2D eigenvalue weighted by Crippen LogP contribution is 2.30. The summed E-state index contributed by atoms with van der Waals surface area (Å²) < 4.78 is 16.2.